The Morgan fingerprint density at radius 3 is 2.75 bits per heavy atom. The van der Waals surface area contributed by atoms with E-state index in [0.29, 0.717) is 12.1 Å². The van der Waals surface area contributed by atoms with E-state index in [0.717, 1.165) is 12.5 Å². The maximum Gasteiger partial charge on any atom is 0.0326 e. The minimum atomic E-state index is 0.473. The molecule has 3 unspecified atom stereocenters. The lowest BCUT2D eigenvalue weighted by Gasteiger charge is -2.43. The Morgan fingerprint density at radius 2 is 2.10 bits per heavy atom. The summed E-state index contributed by atoms with van der Waals surface area (Å²) in [4.78, 5) is 2.63. The maximum absolute atomic E-state index is 6.05. The monoisotopic (exact) mass is 274 g/mol. The van der Waals surface area contributed by atoms with Crippen molar-refractivity contribution in [2.45, 2.75) is 59.0 Å². The van der Waals surface area contributed by atoms with E-state index < -0.39 is 0 Å². The van der Waals surface area contributed by atoms with Crippen molar-refractivity contribution in [3.05, 3.63) is 34.9 Å². The van der Waals surface area contributed by atoms with Gasteiger partial charge in [-0.15, -0.1) is 0 Å². The molecule has 20 heavy (non-hydrogen) atoms. The van der Waals surface area contributed by atoms with Crippen LogP contribution in [0.25, 0.3) is 0 Å². The van der Waals surface area contributed by atoms with Gasteiger partial charge in [-0.1, -0.05) is 37.1 Å². The van der Waals surface area contributed by atoms with Crippen LogP contribution in [0.3, 0.4) is 0 Å². The van der Waals surface area contributed by atoms with Gasteiger partial charge < -0.3 is 5.73 Å². The van der Waals surface area contributed by atoms with Crippen LogP contribution in [0.15, 0.2) is 18.2 Å². The third-order valence-electron chi connectivity index (χ3n) is 5.10. The van der Waals surface area contributed by atoms with Crippen LogP contribution in [0.4, 0.5) is 0 Å². The van der Waals surface area contributed by atoms with Crippen LogP contribution in [0.5, 0.6) is 0 Å². The molecule has 1 aliphatic heterocycles. The molecule has 0 aliphatic carbocycles. The molecule has 1 aromatic rings. The molecule has 0 spiro atoms. The highest BCUT2D eigenvalue weighted by Crippen LogP contribution is 2.33. The summed E-state index contributed by atoms with van der Waals surface area (Å²) in [7, 11) is 0. The van der Waals surface area contributed by atoms with Crippen molar-refractivity contribution >= 4 is 0 Å². The number of likely N-dealkylation sites (tertiary alicyclic amines) is 1. The second-order valence-corrected chi connectivity index (χ2v) is 6.46. The normalized spacial score (nSPS) is 25.6. The Labute approximate surface area is 124 Å². The third kappa shape index (κ3) is 3.24. The molecule has 2 heteroatoms. The Kier molecular flexibility index (Phi) is 5.22. The van der Waals surface area contributed by atoms with Crippen molar-refractivity contribution in [2.24, 2.45) is 11.7 Å². The number of hydrogen-bond acceptors (Lipinski definition) is 2. The van der Waals surface area contributed by atoms with Crippen LogP contribution < -0.4 is 5.73 Å². The standard InChI is InChI=1S/C18H30N2/c1-5-16-8-9-20(17(11-16)12-19)15(4)18-10-13(2)6-7-14(18)3/h6-7,10,15-17H,5,8-9,11-12,19H2,1-4H3. The highest BCUT2D eigenvalue weighted by atomic mass is 15.2. The fourth-order valence-corrected chi connectivity index (χ4v) is 3.65. The van der Waals surface area contributed by atoms with E-state index in [1.807, 2.05) is 0 Å². The topological polar surface area (TPSA) is 29.3 Å². The highest BCUT2D eigenvalue weighted by Gasteiger charge is 2.30. The maximum atomic E-state index is 6.05. The Bertz CT molecular complexity index is 441. The van der Waals surface area contributed by atoms with E-state index in [2.05, 4.69) is 50.8 Å². The Morgan fingerprint density at radius 1 is 1.35 bits per heavy atom. The lowest BCUT2D eigenvalue weighted by molar-refractivity contribution is 0.0770. The van der Waals surface area contributed by atoms with Crippen LogP contribution in [0.1, 0.15) is 55.8 Å². The molecule has 2 N–H and O–H groups in total. The van der Waals surface area contributed by atoms with E-state index in [-0.39, 0.29) is 0 Å². The predicted octanol–water partition coefficient (Wildman–Crippen LogP) is 3.81. The minimum Gasteiger partial charge on any atom is -0.329 e. The van der Waals surface area contributed by atoms with Crippen molar-refractivity contribution in [2.75, 3.05) is 13.1 Å². The SMILES string of the molecule is CCC1CCN(C(C)c2cc(C)ccc2C)C(CN)C1. The number of rotatable bonds is 4. The lowest BCUT2D eigenvalue weighted by atomic mass is 9.86. The zero-order valence-corrected chi connectivity index (χ0v) is 13.5. The molecule has 3 atom stereocenters. The van der Waals surface area contributed by atoms with Crippen molar-refractivity contribution in [1.29, 1.82) is 0 Å². The quantitative estimate of drug-likeness (QED) is 0.904. The highest BCUT2D eigenvalue weighted by molar-refractivity contribution is 5.32. The third-order valence-corrected chi connectivity index (χ3v) is 5.10. The van der Waals surface area contributed by atoms with Crippen LogP contribution >= 0.6 is 0 Å². The summed E-state index contributed by atoms with van der Waals surface area (Å²) in [6.07, 6.45) is 3.88. The van der Waals surface area contributed by atoms with Gasteiger partial charge in [0.1, 0.15) is 0 Å². The number of nitrogens with zero attached hydrogens (tertiary/aromatic N) is 1. The molecule has 2 rings (SSSR count). The second-order valence-electron chi connectivity index (χ2n) is 6.46. The van der Waals surface area contributed by atoms with Crippen LogP contribution in [0.2, 0.25) is 0 Å². The molecule has 112 valence electrons. The average molecular weight is 274 g/mol. The molecule has 0 aromatic heterocycles. The van der Waals surface area contributed by atoms with Crippen molar-refractivity contribution in [3.8, 4) is 0 Å². The van der Waals surface area contributed by atoms with E-state index in [4.69, 9.17) is 5.73 Å². The first-order valence-corrected chi connectivity index (χ1v) is 8.09. The molecule has 2 nitrogen and oxygen atoms in total. The first kappa shape index (κ1) is 15.5. The predicted molar refractivity (Wildman–Crippen MR) is 86.9 cm³/mol. The number of benzene rings is 1. The van der Waals surface area contributed by atoms with Crippen molar-refractivity contribution in [1.82, 2.24) is 4.90 Å². The van der Waals surface area contributed by atoms with Gasteiger partial charge in [0.05, 0.1) is 0 Å². The van der Waals surface area contributed by atoms with Crippen molar-refractivity contribution < 1.29 is 0 Å². The van der Waals surface area contributed by atoms with Crippen LogP contribution in [-0.4, -0.2) is 24.0 Å². The molecular weight excluding hydrogens is 244 g/mol. The van der Waals surface area contributed by atoms with Gasteiger partial charge in [0.25, 0.3) is 0 Å². The van der Waals surface area contributed by atoms with Gasteiger partial charge in [-0.2, -0.15) is 0 Å². The summed E-state index contributed by atoms with van der Waals surface area (Å²) in [6, 6.07) is 7.82. The summed E-state index contributed by atoms with van der Waals surface area (Å²) in [6.45, 7) is 11.0. The average Bonchev–Trinajstić information content (AvgIpc) is 2.48. The van der Waals surface area contributed by atoms with Gasteiger partial charge in [0.15, 0.2) is 0 Å². The Balaban J connectivity index is 2.19. The number of aryl methyl sites for hydroxylation is 2. The van der Waals surface area contributed by atoms with Gasteiger partial charge in [-0.25, -0.2) is 0 Å². The molecule has 1 aromatic carbocycles. The number of hydrogen-bond donors (Lipinski definition) is 1. The van der Waals surface area contributed by atoms with Gasteiger partial charge in [-0.05, 0) is 57.2 Å². The summed E-state index contributed by atoms with van der Waals surface area (Å²) < 4.78 is 0. The van der Waals surface area contributed by atoms with Gasteiger partial charge in [0.2, 0.25) is 0 Å². The first-order chi connectivity index (χ1) is 9.56. The molecule has 1 aliphatic rings. The van der Waals surface area contributed by atoms with Crippen LogP contribution in [0, 0.1) is 19.8 Å². The molecule has 1 heterocycles. The summed E-state index contributed by atoms with van der Waals surface area (Å²) in [5.74, 6) is 0.866. The number of nitrogens with two attached hydrogens (primary N) is 1. The molecule has 1 fully saturated rings. The zero-order valence-electron chi connectivity index (χ0n) is 13.5. The fraction of sp³-hybridized carbons (Fsp3) is 0.667. The molecule has 0 radical (unpaired) electrons. The zero-order chi connectivity index (χ0) is 14.7. The van der Waals surface area contributed by atoms with Crippen LogP contribution in [-0.2, 0) is 0 Å². The van der Waals surface area contributed by atoms with E-state index in [1.165, 1.54) is 42.5 Å². The molecule has 1 saturated heterocycles. The Hall–Kier alpha value is -0.860. The summed E-state index contributed by atoms with van der Waals surface area (Å²) in [5, 5.41) is 0. The largest absolute Gasteiger partial charge is 0.329 e. The summed E-state index contributed by atoms with van der Waals surface area (Å²) >= 11 is 0. The van der Waals surface area contributed by atoms with Gasteiger partial charge >= 0.3 is 0 Å². The number of piperidine rings is 1. The van der Waals surface area contributed by atoms with E-state index in [9.17, 15) is 0 Å². The molecular formula is C18H30N2. The van der Waals surface area contributed by atoms with E-state index in [1.54, 1.807) is 0 Å². The van der Waals surface area contributed by atoms with E-state index >= 15 is 0 Å². The fourth-order valence-electron chi connectivity index (χ4n) is 3.65. The summed E-state index contributed by atoms with van der Waals surface area (Å²) in [5.41, 5.74) is 10.3. The second kappa shape index (κ2) is 6.73. The lowest BCUT2D eigenvalue weighted by Crippen LogP contribution is -2.47. The minimum absolute atomic E-state index is 0.473. The molecule has 0 saturated carbocycles. The van der Waals surface area contributed by atoms with Gasteiger partial charge in [-0.3, -0.25) is 4.90 Å². The smallest absolute Gasteiger partial charge is 0.0326 e. The van der Waals surface area contributed by atoms with Crippen molar-refractivity contribution in [3.63, 3.8) is 0 Å². The first-order valence-electron chi connectivity index (χ1n) is 8.09. The molecule has 0 amide bonds. The van der Waals surface area contributed by atoms with Gasteiger partial charge in [0, 0.05) is 18.6 Å². The molecule has 0 bridgehead atoms.